The number of imidazole rings is 2. The Morgan fingerprint density at radius 2 is 1.64 bits per heavy atom. The Morgan fingerprint density at radius 3 is 2.33 bits per heavy atom. The van der Waals surface area contributed by atoms with Crippen molar-refractivity contribution in [2.75, 3.05) is 37.0 Å². The first kappa shape index (κ1) is 26.8. The van der Waals surface area contributed by atoms with Crippen LogP contribution in [-0.2, 0) is 16.2 Å². The van der Waals surface area contributed by atoms with Crippen LogP contribution < -0.4 is 17.2 Å². The molecule has 196 valence electrons. The molecule has 4 atom stereocenters. The molecular weight excluding hydrogens is 482 g/mol. The summed E-state index contributed by atoms with van der Waals surface area (Å²) in [6, 6.07) is 0. The van der Waals surface area contributed by atoms with E-state index in [1.165, 1.54) is 23.5 Å². The summed E-state index contributed by atoms with van der Waals surface area (Å²) in [5.74, 6) is 0.549. The quantitative estimate of drug-likeness (QED) is 0.122. The predicted molar refractivity (Wildman–Crippen MR) is 124 cm³/mol. The third-order valence-electron chi connectivity index (χ3n) is 5.15. The molecular formula is C18H27N11O7. The topological polar surface area (TPSA) is 296 Å². The lowest BCUT2D eigenvalue weighted by molar-refractivity contribution is -0.0511. The molecule has 36 heavy (non-hydrogen) atoms. The second-order valence-corrected chi connectivity index (χ2v) is 7.43. The van der Waals surface area contributed by atoms with Crippen molar-refractivity contribution in [3.05, 3.63) is 19.0 Å². The molecule has 1 aliphatic rings. The van der Waals surface area contributed by atoms with Gasteiger partial charge in [0.15, 0.2) is 29.2 Å². The number of nitrogens with two attached hydrogens (primary N) is 3. The predicted octanol–water partition coefficient (Wildman–Crippen LogP) is -3.85. The molecule has 0 saturated carbocycles. The van der Waals surface area contributed by atoms with Crippen molar-refractivity contribution >= 4 is 39.9 Å². The summed E-state index contributed by atoms with van der Waals surface area (Å²) in [5.41, 5.74) is 18.6. The van der Waals surface area contributed by atoms with E-state index in [9.17, 15) is 10.2 Å². The Kier molecular flexibility index (Phi) is 8.42. The molecule has 0 amide bonds. The van der Waals surface area contributed by atoms with Crippen LogP contribution in [0.2, 0.25) is 0 Å². The van der Waals surface area contributed by atoms with Crippen LogP contribution in [0.25, 0.3) is 22.3 Å². The highest BCUT2D eigenvalue weighted by atomic mass is 16.6. The SMILES string of the molecule is Nc1nc(N)c2ncn(COCCO)c2n1.Nc1ncnc2c1ncn2[C@@H]1O[C@H](CO)[C@@H](O)[C@@H]1O.O. The minimum atomic E-state index is -1.19. The Balaban J connectivity index is 0.000000198. The van der Waals surface area contributed by atoms with Crippen molar-refractivity contribution in [2.24, 2.45) is 0 Å². The van der Waals surface area contributed by atoms with E-state index in [1.54, 1.807) is 4.57 Å². The van der Waals surface area contributed by atoms with Crippen molar-refractivity contribution in [3.63, 3.8) is 0 Å². The van der Waals surface area contributed by atoms with Crippen LogP contribution in [0.1, 0.15) is 6.23 Å². The number of aliphatic hydroxyl groups excluding tert-OH is 4. The van der Waals surface area contributed by atoms with Crippen LogP contribution >= 0.6 is 0 Å². The van der Waals surface area contributed by atoms with E-state index in [-0.39, 0.29) is 43.0 Å². The number of aromatic nitrogens is 8. The van der Waals surface area contributed by atoms with Crippen LogP contribution in [0.5, 0.6) is 0 Å². The smallest absolute Gasteiger partial charge is 0.224 e. The fourth-order valence-electron chi connectivity index (χ4n) is 3.47. The number of fused-ring (bicyclic) bond motifs is 2. The molecule has 4 aromatic rings. The van der Waals surface area contributed by atoms with Gasteiger partial charge in [0.1, 0.15) is 42.4 Å². The number of aliphatic hydroxyl groups is 4. The lowest BCUT2D eigenvalue weighted by Gasteiger charge is -2.16. The van der Waals surface area contributed by atoms with Gasteiger partial charge in [-0.25, -0.2) is 19.9 Å². The van der Waals surface area contributed by atoms with E-state index in [4.69, 9.17) is 36.9 Å². The molecule has 5 rings (SSSR count). The minimum absolute atomic E-state index is 0. The summed E-state index contributed by atoms with van der Waals surface area (Å²) in [7, 11) is 0. The zero-order chi connectivity index (χ0) is 25.1. The van der Waals surface area contributed by atoms with Gasteiger partial charge in [-0.15, -0.1) is 0 Å². The van der Waals surface area contributed by atoms with Crippen LogP contribution in [0.15, 0.2) is 19.0 Å². The van der Waals surface area contributed by atoms with Gasteiger partial charge in [-0.2, -0.15) is 9.97 Å². The van der Waals surface area contributed by atoms with Gasteiger partial charge < -0.3 is 52.6 Å². The lowest BCUT2D eigenvalue weighted by atomic mass is 10.1. The van der Waals surface area contributed by atoms with Gasteiger partial charge in [-0.1, -0.05) is 0 Å². The molecule has 1 saturated heterocycles. The first-order valence-corrected chi connectivity index (χ1v) is 10.3. The first-order valence-electron chi connectivity index (χ1n) is 10.3. The number of hydrogen-bond donors (Lipinski definition) is 7. The molecule has 1 fully saturated rings. The summed E-state index contributed by atoms with van der Waals surface area (Å²) in [6.45, 7) is 0.0487. The summed E-state index contributed by atoms with van der Waals surface area (Å²) in [4.78, 5) is 23.8. The Morgan fingerprint density at radius 1 is 0.917 bits per heavy atom. The third kappa shape index (κ3) is 5.09. The average molecular weight is 509 g/mol. The third-order valence-corrected chi connectivity index (χ3v) is 5.15. The van der Waals surface area contributed by atoms with Crippen molar-refractivity contribution in [1.82, 2.24) is 39.0 Å². The van der Waals surface area contributed by atoms with Gasteiger partial charge in [-0.3, -0.25) is 9.13 Å². The highest BCUT2D eigenvalue weighted by Crippen LogP contribution is 2.31. The monoisotopic (exact) mass is 509 g/mol. The molecule has 12 N–H and O–H groups in total. The molecule has 0 spiro atoms. The number of rotatable bonds is 6. The zero-order valence-corrected chi connectivity index (χ0v) is 18.8. The molecule has 0 unspecified atom stereocenters. The van der Waals surface area contributed by atoms with E-state index in [0.717, 1.165) is 0 Å². The van der Waals surface area contributed by atoms with Gasteiger partial charge in [-0.05, 0) is 0 Å². The molecule has 1 aliphatic heterocycles. The van der Waals surface area contributed by atoms with Gasteiger partial charge in [0, 0.05) is 0 Å². The van der Waals surface area contributed by atoms with E-state index in [1.807, 2.05) is 0 Å². The van der Waals surface area contributed by atoms with Crippen molar-refractivity contribution in [2.45, 2.75) is 31.3 Å². The standard InChI is InChI=1S/C10H13N5O4.C8H12N6O2.H2O/c11-8-5-9(13-2-12-8)15(3-14-5)10-7(18)6(17)4(1-16)19-10;9-6-5-7(13-8(10)12-6)14(3-11-5)4-16-2-1-15;/h2-4,6-7,10,16-18H,1H2,(H2,11,12,13);3,15H,1-2,4H2,(H4,9,10,12,13);1H2/t4-,6-,7+,10-;;/m1../s1. The number of anilines is 3. The number of hydrogen-bond acceptors (Lipinski definition) is 15. The summed E-state index contributed by atoms with van der Waals surface area (Å²) >= 11 is 0. The summed E-state index contributed by atoms with van der Waals surface area (Å²) < 4.78 is 13.6. The maximum atomic E-state index is 9.95. The number of nitrogen functional groups attached to an aromatic ring is 3. The summed E-state index contributed by atoms with van der Waals surface area (Å²) in [6.07, 6.45) is 0.111. The van der Waals surface area contributed by atoms with Gasteiger partial charge in [0.25, 0.3) is 0 Å². The lowest BCUT2D eigenvalue weighted by Crippen LogP contribution is -2.33. The van der Waals surface area contributed by atoms with Crippen LogP contribution in [0.4, 0.5) is 17.6 Å². The Hall–Kier alpha value is -3.78. The normalized spacial score (nSPS) is 21.3. The maximum absolute atomic E-state index is 9.95. The highest BCUT2D eigenvalue weighted by Gasteiger charge is 2.43. The fraction of sp³-hybridized carbons (Fsp3) is 0.444. The summed E-state index contributed by atoms with van der Waals surface area (Å²) in [5, 5.41) is 37.3. The molecule has 4 aromatic heterocycles. The number of nitrogens with zero attached hydrogens (tertiary/aromatic N) is 8. The maximum Gasteiger partial charge on any atom is 0.224 e. The van der Waals surface area contributed by atoms with Crippen LogP contribution in [0, 0.1) is 0 Å². The molecule has 0 aromatic carbocycles. The van der Waals surface area contributed by atoms with Crippen molar-refractivity contribution in [1.29, 1.82) is 0 Å². The largest absolute Gasteiger partial charge is 0.412 e. The van der Waals surface area contributed by atoms with Gasteiger partial charge in [0.05, 0.1) is 32.5 Å². The van der Waals surface area contributed by atoms with Gasteiger partial charge >= 0.3 is 0 Å². The van der Waals surface area contributed by atoms with Crippen molar-refractivity contribution < 1.29 is 35.4 Å². The molecule has 0 aliphatic carbocycles. The number of ether oxygens (including phenoxy) is 2. The molecule has 0 radical (unpaired) electrons. The average Bonchev–Trinajstić information content (AvgIpc) is 3.52. The molecule has 18 heteroatoms. The van der Waals surface area contributed by atoms with Gasteiger partial charge in [0.2, 0.25) is 5.95 Å². The van der Waals surface area contributed by atoms with E-state index < -0.39 is 31.1 Å². The van der Waals surface area contributed by atoms with E-state index in [2.05, 4.69) is 29.9 Å². The Labute approximate surface area is 202 Å². The minimum Gasteiger partial charge on any atom is -0.412 e. The van der Waals surface area contributed by atoms with Crippen LogP contribution in [0.3, 0.4) is 0 Å². The Bertz CT molecular complexity index is 1300. The molecule has 0 bridgehead atoms. The van der Waals surface area contributed by atoms with Crippen molar-refractivity contribution in [3.8, 4) is 0 Å². The highest BCUT2D eigenvalue weighted by molar-refractivity contribution is 5.82. The van der Waals surface area contributed by atoms with E-state index in [0.29, 0.717) is 22.3 Å². The molecule has 18 nitrogen and oxygen atoms in total. The zero-order valence-electron chi connectivity index (χ0n) is 18.8. The van der Waals surface area contributed by atoms with E-state index >= 15 is 0 Å². The first-order chi connectivity index (χ1) is 16.8. The van der Waals surface area contributed by atoms with Crippen LogP contribution in [-0.4, -0.2) is 103 Å². The molecule has 5 heterocycles. The fourth-order valence-corrected chi connectivity index (χ4v) is 3.47. The second-order valence-electron chi connectivity index (χ2n) is 7.43. The second kappa shape index (κ2) is 11.3.